The van der Waals surface area contributed by atoms with Gasteiger partial charge in [0.15, 0.2) is 0 Å². The minimum absolute atomic E-state index is 0.300. The van der Waals surface area contributed by atoms with Crippen molar-refractivity contribution in [3.8, 4) is 5.75 Å². The average Bonchev–Trinajstić information content (AvgIpc) is 2.60. The lowest BCUT2D eigenvalue weighted by Crippen LogP contribution is -2.50. The number of ether oxygens (including phenoxy) is 2. The number of H-pyrrole nitrogens is 1. The maximum absolute atomic E-state index is 12.2. The molecule has 1 aliphatic heterocycles. The smallest absolute Gasteiger partial charge is 0.410 e. The maximum Gasteiger partial charge on any atom is 0.410 e. The number of nitrogens with zero attached hydrogens (tertiary/aromatic N) is 4. The largest absolute Gasteiger partial charge is 0.495 e. The van der Waals surface area contributed by atoms with Gasteiger partial charge in [0.05, 0.1) is 18.2 Å². The SMILES string of the molecule is COc1cc2nn[nH]c(=O)c2cc1N1CCN(C(=O)OC(C)(C)C)CC1. The first-order valence-electron chi connectivity index (χ1n) is 8.44. The van der Waals surface area contributed by atoms with E-state index in [0.717, 1.165) is 5.69 Å². The lowest BCUT2D eigenvalue weighted by atomic mass is 10.1. The number of anilines is 1. The molecule has 1 aliphatic rings. The predicted octanol–water partition coefficient (Wildman–Crippen LogP) is 1.38. The number of benzene rings is 1. The van der Waals surface area contributed by atoms with Crippen LogP contribution in [0.25, 0.3) is 10.9 Å². The number of nitrogens with one attached hydrogen (secondary N) is 1. The summed E-state index contributed by atoms with van der Waals surface area (Å²) in [6.45, 7) is 7.82. The lowest BCUT2D eigenvalue weighted by Gasteiger charge is -2.37. The Labute approximate surface area is 150 Å². The van der Waals surface area contributed by atoms with E-state index < -0.39 is 5.60 Å². The number of fused-ring (bicyclic) bond motifs is 1. The number of carbonyl (C=O) groups excluding carboxylic acids is 1. The Kier molecular flexibility index (Phi) is 4.71. The van der Waals surface area contributed by atoms with Gasteiger partial charge in [-0.3, -0.25) is 4.79 Å². The molecule has 1 saturated heterocycles. The van der Waals surface area contributed by atoms with Crippen molar-refractivity contribution < 1.29 is 14.3 Å². The molecule has 0 aliphatic carbocycles. The fraction of sp³-hybridized carbons (Fsp3) is 0.529. The maximum atomic E-state index is 12.2. The van der Waals surface area contributed by atoms with Gasteiger partial charge in [0.1, 0.15) is 16.9 Å². The molecule has 0 spiro atoms. The molecule has 140 valence electrons. The van der Waals surface area contributed by atoms with E-state index in [1.807, 2.05) is 20.8 Å². The number of aromatic nitrogens is 3. The highest BCUT2D eigenvalue weighted by molar-refractivity contribution is 5.85. The molecule has 2 aromatic rings. The molecule has 3 rings (SSSR count). The van der Waals surface area contributed by atoms with E-state index in [1.165, 1.54) is 0 Å². The molecule has 9 nitrogen and oxygen atoms in total. The fourth-order valence-corrected chi connectivity index (χ4v) is 2.87. The summed E-state index contributed by atoms with van der Waals surface area (Å²) in [5.74, 6) is 0.614. The van der Waals surface area contributed by atoms with Crippen molar-refractivity contribution in [1.82, 2.24) is 20.3 Å². The van der Waals surface area contributed by atoms with E-state index in [2.05, 4.69) is 20.3 Å². The second-order valence-electron chi connectivity index (χ2n) is 7.14. The first-order chi connectivity index (χ1) is 12.3. The summed E-state index contributed by atoms with van der Waals surface area (Å²) in [5.41, 5.74) is 0.452. The van der Waals surface area contributed by atoms with Gasteiger partial charge in [-0.2, -0.15) is 0 Å². The van der Waals surface area contributed by atoms with Crippen molar-refractivity contribution in [2.45, 2.75) is 26.4 Å². The highest BCUT2D eigenvalue weighted by atomic mass is 16.6. The van der Waals surface area contributed by atoms with Crippen molar-refractivity contribution in [3.05, 3.63) is 22.5 Å². The number of aromatic amines is 1. The Morgan fingerprint density at radius 1 is 1.19 bits per heavy atom. The van der Waals surface area contributed by atoms with Gasteiger partial charge >= 0.3 is 6.09 Å². The third-order valence-electron chi connectivity index (χ3n) is 4.12. The highest BCUT2D eigenvalue weighted by Crippen LogP contribution is 2.32. The zero-order valence-electron chi connectivity index (χ0n) is 15.4. The van der Waals surface area contributed by atoms with Crippen LogP contribution in [0.2, 0.25) is 0 Å². The second kappa shape index (κ2) is 6.81. The molecular weight excluding hydrogens is 338 g/mol. The number of amides is 1. The molecule has 1 amide bonds. The Morgan fingerprint density at radius 3 is 2.50 bits per heavy atom. The van der Waals surface area contributed by atoms with Crippen LogP contribution in [0.5, 0.6) is 5.75 Å². The van der Waals surface area contributed by atoms with Crippen LogP contribution in [-0.2, 0) is 4.74 Å². The second-order valence-corrected chi connectivity index (χ2v) is 7.14. The Hall–Kier alpha value is -2.84. The highest BCUT2D eigenvalue weighted by Gasteiger charge is 2.27. The average molecular weight is 361 g/mol. The van der Waals surface area contributed by atoms with Crippen LogP contribution >= 0.6 is 0 Å². The first kappa shape index (κ1) is 18.0. The molecule has 1 fully saturated rings. The summed E-state index contributed by atoms with van der Waals surface area (Å²) in [4.78, 5) is 28.0. The minimum atomic E-state index is -0.516. The normalized spacial score (nSPS) is 15.2. The quantitative estimate of drug-likeness (QED) is 0.862. The topological polar surface area (TPSA) is 101 Å². The summed E-state index contributed by atoms with van der Waals surface area (Å²) < 4.78 is 10.9. The van der Waals surface area contributed by atoms with Gasteiger partial charge in [0, 0.05) is 32.2 Å². The van der Waals surface area contributed by atoms with Crippen LogP contribution in [0.15, 0.2) is 16.9 Å². The van der Waals surface area contributed by atoms with Crippen molar-refractivity contribution in [2.75, 3.05) is 38.2 Å². The summed E-state index contributed by atoms with van der Waals surface area (Å²) >= 11 is 0. The number of piperazine rings is 1. The molecule has 0 saturated carbocycles. The summed E-state index contributed by atoms with van der Waals surface area (Å²) in [7, 11) is 1.57. The van der Waals surface area contributed by atoms with Crippen molar-refractivity contribution >= 4 is 22.7 Å². The van der Waals surface area contributed by atoms with Gasteiger partial charge < -0.3 is 19.3 Å². The molecule has 0 bridgehead atoms. The first-order valence-corrected chi connectivity index (χ1v) is 8.44. The van der Waals surface area contributed by atoms with Gasteiger partial charge in [-0.05, 0) is 26.8 Å². The van der Waals surface area contributed by atoms with Gasteiger partial charge in [-0.25, -0.2) is 9.89 Å². The molecular formula is C17H23N5O4. The van der Waals surface area contributed by atoms with Gasteiger partial charge in [0.2, 0.25) is 0 Å². The number of hydrogen-bond donors (Lipinski definition) is 1. The molecule has 9 heteroatoms. The third kappa shape index (κ3) is 3.71. The Bertz CT molecular complexity index is 866. The fourth-order valence-electron chi connectivity index (χ4n) is 2.87. The van der Waals surface area contributed by atoms with E-state index in [-0.39, 0.29) is 11.7 Å². The van der Waals surface area contributed by atoms with E-state index in [4.69, 9.17) is 9.47 Å². The predicted molar refractivity (Wildman–Crippen MR) is 96.7 cm³/mol. The van der Waals surface area contributed by atoms with Crippen LogP contribution in [0.1, 0.15) is 20.8 Å². The van der Waals surface area contributed by atoms with Crippen LogP contribution in [0.4, 0.5) is 10.5 Å². The van der Waals surface area contributed by atoms with Gasteiger partial charge in [-0.15, -0.1) is 5.10 Å². The summed E-state index contributed by atoms with van der Waals surface area (Å²) in [5, 5.41) is 10.3. The van der Waals surface area contributed by atoms with Crippen molar-refractivity contribution in [2.24, 2.45) is 0 Å². The van der Waals surface area contributed by atoms with Crippen molar-refractivity contribution in [1.29, 1.82) is 0 Å². The van der Waals surface area contributed by atoms with E-state index in [1.54, 1.807) is 24.1 Å². The van der Waals surface area contributed by atoms with E-state index in [0.29, 0.717) is 42.8 Å². The van der Waals surface area contributed by atoms with E-state index in [9.17, 15) is 9.59 Å². The molecule has 26 heavy (non-hydrogen) atoms. The molecule has 2 heterocycles. The van der Waals surface area contributed by atoms with Gasteiger partial charge in [0.25, 0.3) is 5.56 Å². The van der Waals surface area contributed by atoms with E-state index >= 15 is 0 Å². The summed E-state index contributed by atoms with van der Waals surface area (Å²) in [6, 6.07) is 3.46. The number of rotatable bonds is 2. The molecule has 0 radical (unpaired) electrons. The van der Waals surface area contributed by atoms with Crippen LogP contribution in [0.3, 0.4) is 0 Å². The number of carbonyl (C=O) groups is 1. The van der Waals surface area contributed by atoms with Gasteiger partial charge in [-0.1, -0.05) is 5.21 Å². The van der Waals surface area contributed by atoms with Crippen molar-refractivity contribution in [3.63, 3.8) is 0 Å². The van der Waals surface area contributed by atoms with Crippen LogP contribution in [0, 0.1) is 0 Å². The lowest BCUT2D eigenvalue weighted by molar-refractivity contribution is 0.0240. The number of hydrogen-bond acceptors (Lipinski definition) is 7. The van der Waals surface area contributed by atoms with Crippen LogP contribution < -0.4 is 15.2 Å². The molecule has 1 aromatic heterocycles. The molecule has 0 unspecified atom stereocenters. The minimum Gasteiger partial charge on any atom is -0.495 e. The Balaban J connectivity index is 1.80. The molecule has 0 atom stereocenters. The number of methoxy groups -OCH3 is 1. The standard InChI is InChI=1S/C17H23N5O4/c1-17(2,3)26-16(24)22-7-5-21(6-8-22)13-9-11-12(10-14(13)25-4)18-20-19-15(11)23/h9-10H,5-8H2,1-4H3,(H,18,19,23). The summed E-state index contributed by atoms with van der Waals surface area (Å²) in [6.07, 6.45) is -0.311. The molecule has 1 aromatic carbocycles. The van der Waals surface area contributed by atoms with Crippen LogP contribution in [-0.4, -0.2) is 65.3 Å². The zero-order chi connectivity index (χ0) is 18.9. The Morgan fingerprint density at radius 2 is 1.88 bits per heavy atom. The molecule has 1 N–H and O–H groups in total. The zero-order valence-corrected chi connectivity index (χ0v) is 15.4. The monoisotopic (exact) mass is 361 g/mol. The third-order valence-corrected chi connectivity index (χ3v) is 4.12.